The number of nitrogens with one attached hydrogen (secondary N) is 1. The molecule has 0 aliphatic heterocycles. The molecule has 1 aromatic carbocycles. The topological polar surface area (TPSA) is 76.3 Å². The summed E-state index contributed by atoms with van der Waals surface area (Å²) in [6.45, 7) is 2.08. The van der Waals surface area contributed by atoms with Crippen LogP contribution in [0.15, 0.2) is 12.1 Å². The minimum atomic E-state index is 0.379. The first-order valence-electron chi connectivity index (χ1n) is 5.11. The van der Waals surface area contributed by atoms with Crippen LogP contribution in [0, 0.1) is 22.7 Å². The number of benzene rings is 1. The molecule has 2 rings (SSSR count). The van der Waals surface area contributed by atoms with Gasteiger partial charge in [-0.05, 0) is 18.6 Å². The molecule has 0 fully saturated rings. The van der Waals surface area contributed by atoms with E-state index in [-0.39, 0.29) is 0 Å². The Morgan fingerprint density at radius 1 is 1.25 bits per heavy atom. The van der Waals surface area contributed by atoms with Crippen molar-refractivity contribution in [3.8, 4) is 12.1 Å². The normalized spacial score (nSPS) is 9.94. The molecule has 1 aromatic heterocycles. The third kappa shape index (κ3) is 1.62. The predicted molar refractivity (Wildman–Crippen MR) is 59.5 cm³/mol. The molecule has 0 atom stereocenters. The van der Waals surface area contributed by atoms with Crippen molar-refractivity contribution in [1.82, 2.24) is 9.97 Å². The van der Waals surface area contributed by atoms with Gasteiger partial charge >= 0.3 is 0 Å². The number of rotatable bonds is 2. The maximum atomic E-state index is 8.88. The number of hydrogen-bond acceptors (Lipinski definition) is 3. The van der Waals surface area contributed by atoms with Crippen LogP contribution in [0.2, 0.25) is 0 Å². The van der Waals surface area contributed by atoms with Crippen molar-refractivity contribution in [2.75, 3.05) is 0 Å². The van der Waals surface area contributed by atoms with E-state index in [0.717, 1.165) is 29.7 Å². The van der Waals surface area contributed by atoms with Crippen molar-refractivity contribution in [2.45, 2.75) is 19.8 Å². The molecule has 0 spiro atoms. The van der Waals surface area contributed by atoms with Gasteiger partial charge in [0.15, 0.2) is 0 Å². The summed E-state index contributed by atoms with van der Waals surface area (Å²) >= 11 is 0. The van der Waals surface area contributed by atoms with E-state index in [1.807, 2.05) is 12.1 Å². The van der Waals surface area contributed by atoms with E-state index in [1.54, 1.807) is 12.1 Å². The summed E-state index contributed by atoms with van der Waals surface area (Å²) in [5.41, 5.74) is 2.34. The zero-order valence-electron chi connectivity index (χ0n) is 8.91. The van der Waals surface area contributed by atoms with Gasteiger partial charge in [-0.3, -0.25) is 0 Å². The Kier molecular flexibility index (Phi) is 2.57. The molecule has 4 heteroatoms. The molecular weight excluding hydrogens is 200 g/mol. The first-order chi connectivity index (χ1) is 7.78. The Labute approximate surface area is 93.2 Å². The SMILES string of the molecule is CCCc1nc2cc(C#N)c(C#N)cc2[nH]1. The van der Waals surface area contributed by atoms with Crippen LogP contribution in [-0.4, -0.2) is 9.97 Å². The molecule has 0 saturated heterocycles. The lowest BCUT2D eigenvalue weighted by Gasteiger charge is -1.92. The van der Waals surface area contributed by atoms with E-state index in [2.05, 4.69) is 16.9 Å². The molecule has 0 saturated carbocycles. The number of nitriles is 2. The number of imidazole rings is 1. The van der Waals surface area contributed by atoms with E-state index in [4.69, 9.17) is 10.5 Å². The van der Waals surface area contributed by atoms with Crippen LogP contribution < -0.4 is 0 Å². The van der Waals surface area contributed by atoms with Gasteiger partial charge in [0.1, 0.15) is 18.0 Å². The van der Waals surface area contributed by atoms with Crippen molar-refractivity contribution in [3.63, 3.8) is 0 Å². The summed E-state index contributed by atoms with van der Waals surface area (Å²) in [7, 11) is 0. The second-order valence-electron chi connectivity index (χ2n) is 3.57. The number of aromatic amines is 1. The molecule has 78 valence electrons. The number of H-pyrrole nitrogens is 1. The fourth-order valence-electron chi connectivity index (χ4n) is 1.65. The van der Waals surface area contributed by atoms with Gasteiger partial charge in [-0.15, -0.1) is 0 Å². The highest BCUT2D eigenvalue weighted by Gasteiger charge is 2.07. The lowest BCUT2D eigenvalue weighted by atomic mass is 10.1. The van der Waals surface area contributed by atoms with Crippen LogP contribution in [0.1, 0.15) is 30.3 Å². The van der Waals surface area contributed by atoms with Crippen LogP contribution >= 0.6 is 0 Å². The molecule has 0 bridgehead atoms. The Morgan fingerprint density at radius 2 is 1.94 bits per heavy atom. The van der Waals surface area contributed by atoms with Gasteiger partial charge in [0.25, 0.3) is 0 Å². The summed E-state index contributed by atoms with van der Waals surface area (Å²) in [6, 6.07) is 7.35. The van der Waals surface area contributed by atoms with Crippen LogP contribution in [0.5, 0.6) is 0 Å². The van der Waals surface area contributed by atoms with E-state index < -0.39 is 0 Å². The van der Waals surface area contributed by atoms with E-state index >= 15 is 0 Å². The Balaban J connectivity index is 2.62. The number of nitrogens with zero attached hydrogens (tertiary/aromatic N) is 3. The van der Waals surface area contributed by atoms with Gasteiger partial charge in [-0.25, -0.2) is 4.98 Å². The van der Waals surface area contributed by atoms with E-state index in [1.165, 1.54) is 0 Å². The van der Waals surface area contributed by atoms with Crippen LogP contribution in [0.3, 0.4) is 0 Å². The molecular formula is C12H10N4. The molecule has 0 unspecified atom stereocenters. The summed E-state index contributed by atoms with van der Waals surface area (Å²) in [5.74, 6) is 0.900. The highest BCUT2D eigenvalue weighted by molar-refractivity contribution is 5.79. The maximum Gasteiger partial charge on any atom is 0.107 e. The minimum Gasteiger partial charge on any atom is -0.342 e. The second-order valence-corrected chi connectivity index (χ2v) is 3.57. The van der Waals surface area contributed by atoms with Crippen molar-refractivity contribution in [2.24, 2.45) is 0 Å². The molecule has 1 N–H and O–H groups in total. The molecule has 0 aliphatic carbocycles. The van der Waals surface area contributed by atoms with Crippen LogP contribution in [-0.2, 0) is 6.42 Å². The lowest BCUT2D eigenvalue weighted by Crippen LogP contribution is -1.83. The fraction of sp³-hybridized carbons (Fsp3) is 0.250. The third-order valence-electron chi connectivity index (χ3n) is 2.40. The molecule has 0 radical (unpaired) electrons. The molecule has 2 aromatic rings. The molecule has 4 nitrogen and oxygen atoms in total. The minimum absolute atomic E-state index is 0.379. The summed E-state index contributed by atoms with van der Waals surface area (Å²) < 4.78 is 0. The number of aryl methyl sites for hydroxylation is 1. The molecule has 1 heterocycles. The summed E-state index contributed by atoms with van der Waals surface area (Å²) in [6.07, 6.45) is 1.88. The van der Waals surface area contributed by atoms with Crippen LogP contribution in [0.25, 0.3) is 11.0 Å². The monoisotopic (exact) mass is 210 g/mol. The number of hydrogen-bond donors (Lipinski definition) is 1. The third-order valence-corrected chi connectivity index (χ3v) is 2.40. The van der Waals surface area contributed by atoms with Gasteiger partial charge in [0, 0.05) is 6.42 Å². The van der Waals surface area contributed by atoms with E-state index in [0.29, 0.717) is 11.1 Å². The molecule has 16 heavy (non-hydrogen) atoms. The van der Waals surface area contributed by atoms with Crippen molar-refractivity contribution in [1.29, 1.82) is 10.5 Å². The van der Waals surface area contributed by atoms with Gasteiger partial charge in [-0.1, -0.05) is 6.92 Å². The fourth-order valence-corrected chi connectivity index (χ4v) is 1.65. The highest BCUT2D eigenvalue weighted by atomic mass is 14.9. The second kappa shape index (κ2) is 4.04. The first-order valence-corrected chi connectivity index (χ1v) is 5.11. The van der Waals surface area contributed by atoms with Gasteiger partial charge in [0.05, 0.1) is 22.2 Å². The lowest BCUT2D eigenvalue weighted by molar-refractivity contribution is 0.861. The van der Waals surface area contributed by atoms with Gasteiger partial charge in [0.2, 0.25) is 0 Å². The van der Waals surface area contributed by atoms with Crippen molar-refractivity contribution >= 4 is 11.0 Å². The number of aromatic nitrogens is 2. The van der Waals surface area contributed by atoms with E-state index in [9.17, 15) is 0 Å². The van der Waals surface area contributed by atoms with Crippen molar-refractivity contribution in [3.05, 3.63) is 29.1 Å². The Morgan fingerprint density at radius 3 is 2.56 bits per heavy atom. The maximum absolute atomic E-state index is 8.88. The quantitative estimate of drug-likeness (QED) is 0.825. The Hall–Kier alpha value is -2.33. The zero-order valence-corrected chi connectivity index (χ0v) is 8.91. The largest absolute Gasteiger partial charge is 0.342 e. The molecule has 0 amide bonds. The smallest absolute Gasteiger partial charge is 0.107 e. The predicted octanol–water partition coefficient (Wildman–Crippen LogP) is 2.26. The molecule has 0 aliphatic rings. The van der Waals surface area contributed by atoms with Crippen LogP contribution in [0.4, 0.5) is 0 Å². The zero-order chi connectivity index (χ0) is 11.5. The Bertz CT molecular complexity index is 559. The first kappa shape index (κ1) is 10.2. The standard InChI is InChI=1S/C12H10N4/c1-2-3-12-15-10-4-8(6-13)9(7-14)5-11(10)16-12/h4-5H,2-3H2,1H3,(H,15,16). The van der Waals surface area contributed by atoms with Gasteiger partial charge < -0.3 is 4.98 Å². The van der Waals surface area contributed by atoms with Gasteiger partial charge in [-0.2, -0.15) is 10.5 Å². The number of fused-ring (bicyclic) bond motifs is 1. The average Bonchev–Trinajstić information content (AvgIpc) is 2.68. The average molecular weight is 210 g/mol. The van der Waals surface area contributed by atoms with Crippen molar-refractivity contribution < 1.29 is 0 Å². The highest BCUT2D eigenvalue weighted by Crippen LogP contribution is 2.18. The summed E-state index contributed by atoms with van der Waals surface area (Å²) in [4.78, 5) is 7.52. The summed E-state index contributed by atoms with van der Waals surface area (Å²) in [5, 5.41) is 17.8.